The molecule has 0 spiro atoms. The second-order valence-electron chi connectivity index (χ2n) is 6.02. The number of nitrogens with zero attached hydrogens (tertiary/aromatic N) is 1. The van der Waals surface area contributed by atoms with Gasteiger partial charge >= 0.3 is 0 Å². The summed E-state index contributed by atoms with van der Waals surface area (Å²) in [5.74, 6) is 0.416. The number of nitrogens with two attached hydrogens (primary N) is 2. The highest BCUT2D eigenvalue weighted by Gasteiger charge is 2.27. The Morgan fingerprint density at radius 2 is 2.05 bits per heavy atom. The van der Waals surface area contributed by atoms with Crippen molar-refractivity contribution in [3.63, 3.8) is 0 Å². The molecule has 1 saturated heterocycles. The third kappa shape index (κ3) is 5.19. The summed E-state index contributed by atoms with van der Waals surface area (Å²) in [6.45, 7) is 6.03. The van der Waals surface area contributed by atoms with Gasteiger partial charge in [-0.05, 0) is 37.6 Å². The van der Waals surface area contributed by atoms with E-state index in [0.29, 0.717) is 25.4 Å². The quantitative estimate of drug-likeness (QED) is 0.744. The fourth-order valence-electron chi connectivity index (χ4n) is 2.74. The maximum absolute atomic E-state index is 12.2. The Bertz CT molecular complexity index is 318. The number of primary amides is 1. The standard InChI is InChI=1S/C14H27N3O2/c1-10(2)6-11(8-15)7-13(18)17-5-3-4-12(9-17)14(16)19/h10-12H,3-9,15H2,1-2H3,(H2,16,19)/t11-,12?/m0/s1. The molecule has 1 aliphatic rings. The van der Waals surface area contributed by atoms with Crippen LogP contribution in [0, 0.1) is 17.8 Å². The van der Waals surface area contributed by atoms with E-state index in [1.165, 1.54) is 0 Å². The van der Waals surface area contributed by atoms with Gasteiger partial charge in [0.25, 0.3) is 0 Å². The van der Waals surface area contributed by atoms with Crippen molar-refractivity contribution in [3.05, 3.63) is 0 Å². The smallest absolute Gasteiger partial charge is 0.222 e. The van der Waals surface area contributed by atoms with Crippen LogP contribution in [-0.2, 0) is 9.59 Å². The molecule has 1 unspecified atom stereocenters. The predicted molar refractivity (Wildman–Crippen MR) is 75.1 cm³/mol. The van der Waals surface area contributed by atoms with Crippen LogP contribution in [0.2, 0.25) is 0 Å². The van der Waals surface area contributed by atoms with Crippen LogP contribution in [0.15, 0.2) is 0 Å². The van der Waals surface area contributed by atoms with Gasteiger partial charge in [0.15, 0.2) is 0 Å². The SMILES string of the molecule is CC(C)C[C@H](CN)CC(=O)N1CCCC(C(N)=O)C1. The van der Waals surface area contributed by atoms with Crippen LogP contribution in [-0.4, -0.2) is 36.3 Å². The first-order chi connectivity index (χ1) is 8.93. The number of amides is 2. The minimum absolute atomic E-state index is 0.113. The molecule has 0 aromatic heterocycles. The monoisotopic (exact) mass is 269 g/mol. The molecule has 4 N–H and O–H groups in total. The third-order valence-corrected chi connectivity index (χ3v) is 3.78. The molecule has 5 heteroatoms. The summed E-state index contributed by atoms with van der Waals surface area (Å²) in [5.41, 5.74) is 11.1. The van der Waals surface area contributed by atoms with E-state index >= 15 is 0 Å². The number of rotatable bonds is 6. The molecule has 1 aliphatic heterocycles. The Kier molecular flexibility index (Phi) is 6.28. The fraction of sp³-hybridized carbons (Fsp3) is 0.857. The molecular weight excluding hydrogens is 242 g/mol. The van der Waals surface area contributed by atoms with Crippen LogP contribution in [0.3, 0.4) is 0 Å². The molecule has 1 rings (SSSR count). The van der Waals surface area contributed by atoms with Gasteiger partial charge in [-0.1, -0.05) is 13.8 Å². The molecule has 5 nitrogen and oxygen atoms in total. The average Bonchev–Trinajstić information content (AvgIpc) is 2.37. The van der Waals surface area contributed by atoms with Crippen LogP contribution < -0.4 is 11.5 Å². The molecule has 2 amide bonds. The van der Waals surface area contributed by atoms with Crippen LogP contribution in [0.25, 0.3) is 0 Å². The van der Waals surface area contributed by atoms with Crippen LogP contribution in [0.1, 0.15) is 39.5 Å². The molecular formula is C14H27N3O2. The van der Waals surface area contributed by atoms with Crippen molar-refractivity contribution in [2.24, 2.45) is 29.2 Å². The van der Waals surface area contributed by atoms with Gasteiger partial charge in [-0.15, -0.1) is 0 Å². The number of carbonyl (C=O) groups excluding carboxylic acids is 2. The lowest BCUT2D eigenvalue weighted by Gasteiger charge is -2.32. The van der Waals surface area contributed by atoms with Crippen LogP contribution in [0.4, 0.5) is 0 Å². The zero-order chi connectivity index (χ0) is 14.4. The third-order valence-electron chi connectivity index (χ3n) is 3.78. The Balaban J connectivity index is 2.49. The predicted octanol–water partition coefficient (Wildman–Crippen LogP) is 0.721. The van der Waals surface area contributed by atoms with E-state index in [1.807, 2.05) is 0 Å². The lowest BCUT2D eigenvalue weighted by atomic mass is 9.92. The van der Waals surface area contributed by atoms with Crippen molar-refractivity contribution in [2.75, 3.05) is 19.6 Å². The van der Waals surface area contributed by atoms with Crippen molar-refractivity contribution in [3.8, 4) is 0 Å². The minimum Gasteiger partial charge on any atom is -0.369 e. The Hall–Kier alpha value is -1.10. The summed E-state index contributed by atoms with van der Waals surface area (Å²) >= 11 is 0. The summed E-state index contributed by atoms with van der Waals surface area (Å²) in [5, 5.41) is 0. The second-order valence-corrected chi connectivity index (χ2v) is 6.02. The molecule has 0 aromatic rings. The number of carbonyl (C=O) groups is 2. The first-order valence-electron chi connectivity index (χ1n) is 7.21. The second kappa shape index (κ2) is 7.48. The molecule has 110 valence electrons. The molecule has 0 bridgehead atoms. The topological polar surface area (TPSA) is 89.4 Å². The summed E-state index contributed by atoms with van der Waals surface area (Å²) < 4.78 is 0. The van der Waals surface area contributed by atoms with Gasteiger partial charge in [0.05, 0.1) is 5.92 Å². The first kappa shape index (κ1) is 16.0. The molecule has 19 heavy (non-hydrogen) atoms. The number of piperidine rings is 1. The Morgan fingerprint density at radius 1 is 1.37 bits per heavy atom. The fourth-order valence-corrected chi connectivity index (χ4v) is 2.74. The number of hydrogen-bond donors (Lipinski definition) is 2. The number of likely N-dealkylation sites (tertiary alicyclic amines) is 1. The highest BCUT2D eigenvalue weighted by molar-refractivity contribution is 5.80. The van der Waals surface area contributed by atoms with Gasteiger partial charge in [0, 0.05) is 19.5 Å². The molecule has 1 fully saturated rings. The van der Waals surface area contributed by atoms with Crippen molar-refractivity contribution in [2.45, 2.75) is 39.5 Å². The summed E-state index contributed by atoms with van der Waals surface area (Å²) in [4.78, 5) is 25.2. The summed E-state index contributed by atoms with van der Waals surface area (Å²) in [6.07, 6.45) is 3.11. The van der Waals surface area contributed by atoms with Gasteiger partial charge in [0.2, 0.25) is 11.8 Å². The summed E-state index contributed by atoms with van der Waals surface area (Å²) in [7, 11) is 0. The Morgan fingerprint density at radius 3 is 2.58 bits per heavy atom. The van der Waals surface area contributed by atoms with E-state index in [1.54, 1.807) is 4.90 Å². The number of hydrogen-bond acceptors (Lipinski definition) is 3. The summed E-state index contributed by atoms with van der Waals surface area (Å²) in [6, 6.07) is 0. The lowest BCUT2D eigenvalue weighted by molar-refractivity contribution is -0.135. The molecule has 0 radical (unpaired) electrons. The van der Waals surface area contributed by atoms with E-state index in [0.717, 1.165) is 25.8 Å². The largest absolute Gasteiger partial charge is 0.369 e. The maximum Gasteiger partial charge on any atom is 0.222 e. The molecule has 2 atom stereocenters. The van der Waals surface area contributed by atoms with E-state index in [2.05, 4.69) is 13.8 Å². The van der Waals surface area contributed by atoms with E-state index < -0.39 is 0 Å². The van der Waals surface area contributed by atoms with Crippen molar-refractivity contribution in [1.82, 2.24) is 4.90 Å². The molecule has 0 saturated carbocycles. The van der Waals surface area contributed by atoms with Crippen LogP contribution in [0.5, 0.6) is 0 Å². The molecule has 1 heterocycles. The van der Waals surface area contributed by atoms with Crippen molar-refractivity contribution in [1.29, 1.82) is 0 Å². The van der Waals surface area contributed by atoms with E-state index in [4.69, 9.17) is 11.5 Å². The van der Waals surface area contributed by atoms with E-state index in [9.17, 15) is 9.59 Å². The lowest BCUT2D eigenvalue weighted by Crippen LogP contribution is -2.44. The molecule has 0 aliphatic carbocycles. The maximum atomic E-state index is 12.2. The molecule has 0 aromatic carbocycles. The van der Waals surface area contributed by atoms with Crippen molar-refractivity contribution < 1.29 is 9.59 Å². The zero-order valence-electron chi connectivity index (χ0n) is 12.1. The van der Waals surface area contributed by atoms with E-state index in [-0.39, 0.29) is 23.7 Å². The zero-order valence-corrected chi connectivity index (χ0v) is 12.1. The van der Waals surface area contributed by atoms with Crippen LogP contribution >= 0.6 is 0 Å². The van der Waals surface area contributed by atoms with Gasteiger partial charge in [-0.3, -0.25) is 9.59 Å². The first-order valence-corrected chi connectivity index (χ1v) is 7.21. The highest BCUT2D eigenvalue weighted by Crippen LogP contribution is 2.20. The normalized spacial score (nSPS) is 21.5. The minimum atomic E-state index is -0.296. The van der Waals surface area contributed by atoms with Gasteiger partial charge in [-0.2, -0.15) is 0 Å². The van der Waals surface area contributed by atoms with Gasteiger partial charge < -0.3 is 16.4 Å². The van der Waals surface area contributed by atoms with Gasteiger partial charge in [-0.25, -0.2) is 0 Å². The highest BCUT2D eigenvalue weighted by atomic mass is 16.2. The Labute approximate surface area is 115 Å². The van der Waals surface area contributed by atoms with Gasteiger partial charge in [0.1, 0.15) is 0 Å². The average molecular weight is 269 g/mol. The van der Waals surface area contributed by atoms with Crippen molar-refractivity contribution >= 4 is 11.8 Å².